The fourth-order valence-corrected chi connectivity index (χ4v) is 2.24. The van der Waals surface area contributed by atoms with Crippen LogP contribution in [0, 0.1) is 6.92 Å². The van der Waals surface area contributed by atoms with E-state index < -0.39 is 0 Å². The molecular weight excluding hydrogens is 194 g/mol. The van der Waals surface area contributed by atoms with E-state index in [1.54, 1.807) is 11.8 Å². The number of aryl methyl sites for hydroxylation is 1. The fourth-order valence-electron chi connectivity index (χ4n) is 1.28. The highest BCUT2D eigenvalue weighted by Gasteiger charge is 2.06. The monoisotopic (exact) mass is 207 g/mol. The van der Waals surface area contributed by atoms with Crippen molar-refractivity contribution >= 4 is 16.9 Å². The van der Waals surface area contributed by atoms with Crippen LogP contribution in [0.3, 0.4) is 0 Å². The molecule has 0 aromatic carbocycles. The van der Waals surface area contributed by atoms with E-state index in [0.717, 1.165) is 29.7 Å². The molecule has 0 unspecified atom stereocenters. The van der Waals surface area contributed by atoms with E-state index >= 15 is 0 Å². The van der Waals surface area contributed by atoms with E-state index in [0.29, 0.717) is 0 Å². The molecule has 0 amide bonds. The first kappa shape index (κ1) is 9.52. The summed E-state index contributed by atoms with van der Waals surface area (Å²) in [5.41, 5.74) is 2.40. The number of nitrogens with one attached hydrogen (secondary N) is 1. The van der Waals surface area contributed by atoms with Crippen LogP contribution in [0.2, 0.25) is 0 Å². The van der Waals surface area contributed by atoms with Gasteiger partial charge in [0.2, 0.25) is 0 Å². The molecule has 0 spiro atoms. The summed E-state index contributed by atoms with van der Waals surface area (Å²) in [4.78, 5) is 8.66. The third-order valence-electron chi connectivity index (χ3n) is 2.11. The lowest BCUT2D eigenvalue weighted by Crippen LogP contribution is -2.15. The molecule has 0 saturated heterocycles. The Hall–Kier alpha value is -1.03. The van der Waals surface area contributed by atoms with Crippen molar-refractivity contribution in [2.24, 2.45) is 4.99 Å². The van der Waals surface area contributed by atoms with Crippen molar-refractivity contribution in [1.29, 1.82) is 0 Å². The Kier molecular flexibility index (Phi) is 3.03. The summed E-state index contributed by atoms with van der Waals surface area (Å²) in [6, 6.07) is 4.06. The van der Waals surface area contributed by atoms with Gasteiger partial charge in [-0.1, -0.05) is 17.8 Å². The first-order valence-electron chi connectivity index (χ1n) is 4.68. The van der Waals surface area contributed by atoms with Crippen LogP contribution in [0.15, 0.2) is 23.3 Å². The number of aliphatic imine (C=N–C) groups is 1. The van der Waals surface area contributed by atoms with Gasteiger partial charge in [0.1, 0.15) is 0 Å². The highest BCUT2D eigenvalue weighted by molar-refractivity contribution is 8.13. The molecule has 0 atom stereocenters. The van der Waals surface area contributed by atoms with Gasteiger partial charge in [-0.25, -0.2) is 0 Å². The third-order valence-corrected chi connectivity index (χ3v) is 3.07. The standard InChI is InChI=1S/C10H13N3S/c1-8-3-2-4-11-9(8)7-14-10-12-5-6-13-10/h2-4H,5-7H2,1H3,(H,12,13). The molecule has 0 radical (unpaired) electrons. The van der Waals surface area contributed by atoms with Crippen molar-refractivity contribution in [3.8, 4) is 0 Å². The Morgan fingerprint density at radius 1 is 1.57 bits per heavy atom. The summed E-state index contributed by atoms with van der Waals surface area (Å²) in [5.74, 6) is 0.901. The normalized spacial score (nSPS) is 15.1. The van der Waals surface area contributed by atoms with Gasteiger partial charge < -0.3 is 5.32 Å². The second-order valence-electron chi connectivity index (χ2n) is 3.17. The van der Waals surface area contributed by atoms with Gasteiger partial charge in [-0.2, -0.15) is 0 Å². The van der Waals surface area contributed by atoms with E-state index in [4.69, 9.17) is 0 Å². The molecule has 0 saturated carbocycles. The zero-order valence-electron chi connectivity index (χ0n) is 8.16. The molecule has 2 heterocycles. The predicted octanol–water partition coefficient (Wildman–Crippen LogP) is 1.58. The molecule has 1 N–H and O–H groups in total. The first-order valence-corrected chi connectivity index (χ1v) is 5.66. The second-order valence-corrected chi connectivity index (χ2v) is 4.13. The summed E-state index contributed by atoms with van der Waals surface area (Å²) < 4.78 is 0. The summed E-state index contributed by atoms with van der Waals surface area (Å²) >= 11 is 1.73. The van der Waals surface area contributed by atoms with Gasteiger partial charge in [0.05, 0.1) is 12.2 Å². The van der Waals surface area contributed by atoms with Gasteiger partial charge in [-0.3, -0.25) is 9.98 Å². The molecule has 2 rings (SSSR count). The second kappa shape index (κ2) is 4.46. The Labute approximate surface area is 88.0 Å². The Balaban J connectivity index is 1.94. The maximum absolute atomic E-state index is 4.34. The van der Waals surface area contributed by atoms with Gasteiger partial charge in [0, 0.05) is 18.5 Å². The minimum absolute atomic E-state index is 0.901. The van der Waals surface area contributed by atoms with Gasteiger partial charge >= 0.3 is 0 Å². The molecule has 1 aromatic rings. The molecule has 3 nitrogen and oxygen atoms in total. The lowest BCUT2D eigenvalue weighted by atomic mass is 10.2. The Bertz CT molecular complexity index is 349. The molecule has 1 aliphatic heterocycles. The van der Waals surface area contributed by atoms with E-state index in [1.807, 2.05) is 12.3 Å². The number of pyridine rings is 1. The van der Waals surface area contributed by atoms with E-state index in [-0.39, 0.29) is 0 Å². The lowest BCUT2D eigenvalue weighted by Gasteiger charge is -2.03. The van der Waals surface area contributed by atoms with Crippen molar-refractivity contribution in [2.75, 3.05) is 13.1 Å². The van der Waals surface area contributed by atoms with E-state index in [2.05, 4.69) is 28.3 Å². The predicted molar refractivity (Wildman–Crippen MR) is 60.6 cm³/mol. The Morgan fingerprint density at radius 2 is 2.50 bits per heavy atom. The van der Waals surface area contributed by atoms with E-state index in [9.17, 15) is 0 Å². The largest absolute Gasteiger partial charge is 0.363 e. The number of aromatic nitrogens is 1. The smallest absolute Gasteiger partial charge is 0.157 e. The lowest BCUT2D eigenvalue weighted by molar-refractivity contribution is 0.963. The summed E-state index contributed by atoms with van der Waals surface area (Å²) in [6.07, 6.45) is 1.84. The molecule has 0 fully saturated rings. The average molecular weight is 207 g/mol. The molecule has 4 heteroatoms. The highest BCUT2D eigenvalue weighted by Crippen LogP contribution is 2.15. The van der Waals surface area contributed by atoms with Crippen molar-refractivity contribution < 1.29 is 0 Å². The summed E-state index contributed by atoms with van der Waals surface area (Å²) in [7, 11) is 0. The molecule has 14 heavy (non-hydrogen) atoms. The number of amidine groups is 1. The topological polar surface area (TPSA) is 37.3 Å². The number of thioether (sulfide) groups is 1. The SMILES string of the molecule is Cc1cccnc1CSC1=NCCN1. The van der Waals surface area contributed by atoms with Crippen LogP contribution in [0.5, 0.6) is 0 Å². The highest BCUT2D eigenvalue weighted by atomic mass is 32.2. The summed E-state index contributed by atoms with van der Waals surface area (Å²) in [6.45, 7) is 3.97. The number of hydrogen-bond acceptors (Lipinski definition) is 4. The maximum Gasteiger partial charge on any atom is 0.157 e. The molecule has 1 aliphatic rings. The zero-order chi connectivity index (χ0) is 9.80. The van der Waals surface area contributed by atoms with Crippen LogP contribution < -0.4 is 5.32 Å². The fraction of sp³-hybridized carbons (Fsp3) is 0.400. The van der Waals surface area contributed by atoms with Crippen molar-refractivity contribution in [2.45, 2.75) is 12.7 Å². The van der Waals surface area contributed by atoms with Gasteiger partial charge in [0.25, 0.3) is 0 Å². The van der Waals surface area contributed by atoms with Crippen LogP contribution in [0.1, 0.15) is 11.3 Å². The van der Waals surface area contributed by atoms with E-state index in [1.165, 1.54) is 5.56 Å². The minimum Gasteiger partial charge on any atom is -0.363 e. The van der Waals surface area contributed by atoms with Crippen molar-refractivity contribution in [1.82, 2.24) is 10.3 Å². The number of rotatable bonds is 2. The summed E-state index contributed by atoms with van der Waals surface area (Å²) in [5, 5.41) is 4.28. The van der Waals surface area contributed by atoms with Crippen LogP contribution >= 0.6 is 11.8 Å². The first-order chi connectivity index (χ1) is 6.86. The minimum atomic E-state index is 0.901. The number of hydrogen-bond donors (Lipinski definition) is 1. The van der Waals surface area contributed by atoms with Gasteiger partial charge in [-0.05, 0) is 18.6 Å². The van der Waals surface area contributed by atoms with Crippen LogP contribution in [0.4, 0.5) is 0 Å². The molecule has 0 bridgehead atoms. The van der Waals surface area contributed by atoms with Gasteiger partial charge in [-0.15, -0.1) is 0 Å². The Morgan fingerprint density at radius 3 is 3.21 bits per heavy atom. The average Bonchev–Trinajstić information content (AvgIpc) is 2.69. The van der Waals surface area contributed by atoms with Crippen LogP contribution in [0.25, 0.3) is 0 Å². The quantitative estimate of drug-likeness (QED) is 0.800. The van der Waals surface area contributed by atoms with Crippen molar-refractivity contribution in [3.63, 3.8) is 0 Å². The number of nitrogens with zero attached hydrogens (tertiary/aromatic N) is 2. The van der Waals surface area contributed by atoms with Crippen LogP contribution in [-0.4, -0.2) is 23.2 Å². The van der Waals surface area contributed by atoms with Crippen LogP contribution in [-0.2, 0) is 5.75 Å². The third kappa shape index (κ3) is 2.26. The molecule has 74 valence electrons. The zero-order valence-corrected chi connectivity index (χ0v) is 8.97. The molecular formula is C10H13N3S. The maximum atomic E-state index is 4.34. The van der Waals surface area contributed by atoms with Crippen molar-refractivity contribution in [3.05, 3.63) is 29.6 Å². The van der Waals surface area contributed by atoms with Gasteiger partial charge in [0.15, 0.2) is 5.17 Å². The molecule has 0 aliphatic carbocycles. The molecule has 1 aromatic heterocycles.